The predicted octanol–water partition coefficient (Wildman–Crippen LogP) is 4.66. The molecule has 1 aliphatic rings. The lowest BCUT2D eigenvalue weighted by Gasteiger charge is -2.37. The normalized spacial score (nSPS) is 27.3. The zero-order valence-corrected chi connectivity index (χ0v) is 12.9. The Kier molecular flexibility index (Phi) is 5.22. The quantitative estimate of drug-likeness (QED) is 0.795. The van der Waals surface area contributed by atoms with Gasteiger partial charge in [0.15, 0.2) is 0 Å². The second kappa shape index (κ2) is 6.92. The third kappa shape index (κ3) is 3.41. The third-order valence-corrected chi connectivity index (χ3v) is 4.74. The summed E-state index contributed by atoms with van der Waals surface area (Å²) in [6, 6.07) is 7.85. The summed E-state index contributed by atoms with van der Waals surface area (Å²) in [5.41, 5.74) is 0.829. The topological polar surface area (TPSA) is 32.6 Å². The zero-order chi connectivity index (χ0) is 14.5. The van der Waals surface area contributed by atoms with Gasteiger partial charge in [0, 0.05) is 11.8 Å². The monoisotopic (exact) mass is 273 g/mol. The minimum Gasteiger partial charge on any atom is -0.507 e. The fourth-order valence-electron chi connectivity index (χ4n) is 3.48. The van der Waals surface area contributed by atoms with Crippen LogP contribution >= 0.6 is 0 Å². The molecular formula is C18H27NO. The van der Waals surface area contributed by atoms with Crippen LogP contribution in [0.4, 0.5) is 0 Å². The standard InChI is InChI=1S/C18H27NO/c1-4-14-9-7-10-16(13(2)3)18(14)19-12-15-8-5-6-11-17(15)20/h5-6,8,11-14,16,18,20H,4,7,9-10H2,1-3H3/t14?,16-,18?/m1/s1. The maximum absolute atomic E-state index is 9.85. The lowest BCUT2D eigenvalue weighted by atomic mass is 9.71. The molecule has 0 radical (unpaired) electrons. The molecule has 110 valence electrons. The van der Waals surface area contributed by atoms with E-state index in [1.165, 1.54) is 25.7 Å². The molecule has 1 fully saturated rings. The maximum atomic E-state index is 9.85. The summed E-state index contributed by atoms with van der Waals surface area (Å²) in [6.45, 7) is 6.90. The molecule has 1 N–H and O–H groups in total. The van der Waals surface area contributed by atoms with Crippen LogP contribution < -0.4 is 0 Å². The highest BCUT2D eigenvalue weighted by atomic mass is 16.3. The van der Waals surface area contributed by atoms with E-state index in [0.717, 1.165) is 5.56 Å². The number of hydrogen-bond acceptors (Lipinski definition) is 2. The first-order valence-corrected chi connectivity index (χ1v) is 7.94. The molecule has 2 heteroatoms. The second-order valence-electron chi connectivity index (χ2n) is 6.33. The van der Waals surface area contributed by atoms with Crippen LogP contribution in [0.3, 0.4) is 0 Å². The molecule has 0 spiro atoms. The maximum Gasteiger partial charge on any atom is 0.124 e. The van der Waals surface area contributed by atoms with Gasteiger partial charge in [-0.2, -0.15) is 0 Å². The van der Waals surface area contributed by atoms with Crippen molar-refractivity contribution >= 4 is 6.21 Å². The van der Waals surface area contributed by atoms with E-state index >= 15 is 0 Å². The van der Waals surface area contributed by atoms with Crippen LogP contribution in [0.15, 0.2) is 29.3 Å². The van der Waals surface area contributed by atoms with E-state index in [2.05, 4.69) is 20.8 Å². The van der Waals surface area contributed by atoms with Crippen LogP contribution in [-0.4, -0.2) is 17.4 Å². The Labute approximate surface area is 122 Å². The number of rotatable bonds is 4. The largest absolute Gasteiger partial charge is 0.507 e. The summed E-state index contributed by atoms with van der Waals surface area (Å²) in [4.78, 5) is 4.88. The Bertz CT molecular complexity index is 452. The molecule has 3 atom stereocenters. The van der Waals surface area contributed by atoms with E-state index in [4.69, 9.17) is 4.99 Å². The van der Waals surface area contributed by atoms with Gasteiger partial charge in [-0.15, -0.1) is 0 Å². The fourth-order valence-corrected chi connectivity index (χ4v) is 3.48. The number of benzene rings is 1. The van der Waals surface area contributed by atoms with Crippen molar-refractivity contribution in [3.8, 4) is 5.75 Å². The van der Waals surface area contributed by atoms with Gasteiger partial charge in [-0.25, -0.2) is 0 Å². The highest BCUT2D eigenvalue weighted by Gasteiger charge is 2.33. The number of nitrogens with zero attached hydrogens (tertiary/aromatic N) is 1. The van der Waals surface area contributed by atoms with Crippen molar-refractivity contribution in [2.75, 3.05) is 0 Å². The van der Waals surface area contributed by atoms with Crippen molar-refractivity contribution < 1.29 is 5.11 Å². The number of phenols is 1. The van der Waals surface area contributed by atoms with Crippen LogP contribution in [0.25, 0.3) is 0 Å². The number of phenolic OH excluding ortho intramolecular Hbond substituents is 1. The number of aliphatic imine (C=N–C) groups is 1. The van der Waals surface area contributed by atoms with Gasteiger partial charge >= 0.3 is 0 Å². The van der Waals surface area contributed by atoms with Crippen LogP contribution in [-0.2, 0) is 0 Å². The van der Waals surface area contributed by atoms with Crippen LogP contribution in [0.1, 0.15) is 52.0 Å². The molecule has 0 aromatic heterocycles. The third-order valence-electron chi connectivity index (χ3n) is 4.74. The van der Waals surface area contributed by atoms with Crippen molar-refractivity contribution in [1.82, 2.24) is 0 Å². The molecule has 0 aliphatic heterocycles. The fraction of sp³-hybridized carbons (Fsp3) is 0.611. The van der Waals surface area contributed by atoms with Gasteiger partial charge in [0.05, 0.1) is 6.04 Å². The van der Waals surface area contributed by atoms with Gasteiger partial charge < -0.3 is 5.11 Å². The number of hydrogen-bond donors (Lipinski definition) is 1. The Morgan fingerprint density at radius 2 is 2.05 bits per heavy atom. The minimum absolute atomic E-state index is 0.321. The van der Waals surface area contributed by atoms with Crippen molar-refractivity contribution in [1.29, 1.82) is 0 Å². The van der Waals surface area contributed by atoms with Gasteiger partial charge in [0.25, 0.3) is 0 Å². The lowest BCUT2D eigenvalue weighted by Crippen LogP contribution is -2.35. The van der Waals surface area contributed by atoms with Gasteiger partial charge in [0.2, 0.25) is 0 Å². The van der Waals surface area contributed by atoms with E-state index in [9.17, 15) is 5.11 Å². The molecule has 1 saturated carbocycles. The average molecular weight is 273 g/mol. The van der Waals surface area contributed by atoms with Gasteiger partial charge in [-0.3, -0.25) is 4.99 Å². The summed E-state index contributed by atoms with van der Waals surface area (Å²) < 4.78 is 0. The molecule has 1 aromatic rings. The summed E-state index contributed by atoms with van der Waals surface area (Å²) in [5.74, 6) is 2.37. The Morgan fingerprint density at radius 3 is 2.70 bits per heavy atom. The molecule has 0 heterocycles. The average Bonchev–Trinajstić information content (AvgIpc) is 2.46. The summed E-state index contributed by atoms with van der Waals surface area (Å²) >= 11 is 0. The molecule has 2 rings (SSSR count). The first-order valence-electron chi connectivity index (χ1n) is 7.94. The van der Waals surface area contributed by atoms with E-state index in [1.54, 1.807) is 6.07 Å². The highest BCUT2D eigenvalue weighted by Crippen LogP contribution is 2.37. The molecule has 0 bridgehead atoms. The van der Waals surface area contributed by atoms with E-state index < -0.39 is 0 Å². The van der Waals surface area contributed by atoms with Gasteiger partial charge in [-0.1, -0.05) is 45.7 Å². The zero-order valence-electron chi connectivity index (χ0n) is 12.9. The van der Waals surface area contributed by atoms with E-state index in [1.807, 2.05) is 24.4 Å². The van der Waals surface area contributed by atoms with Crippen LogP contribution in [0.5, 0.6) is 5.75 Å². The van der Waals surface area contributed by atoms with Crippen LogP contribution in [0, 0.1) is 17.8 Å². The molecule has 2 unspecified atom stereocenters. The first kappa shape index (κ1) is 15.1. The first-order chi connectivity index (χ1) is 9.63. The Hall–Kier alpha value is -1.31. The van der Waals surface area contributed by atoms with Crippen LogP contribution in [0.2, 0.25) is 0 Å². The van der Waals surface area contributed by atoms with Gasteiger partial charge in [0.1, 0.15) is 5.75 Å². The SMILES string of the molecule is CCC1CCC[C@H](C(C)C)C1N=Cc1ccccc1O. The van der Waals surface area contributed by atoms with Crippen molar-refractivity contribution in [2.45, 2.75) is 52.5 Å². The minimum atomic E-state index is 0.321. The van der Waals surface area contributed by atoms with Gasteiger partial charge in [-0.05, 0) is 42.7 Å². The number of aromatic hydroxyl groups is 1. The highest BCUT2D eigenvalue weighted by molar-refractivity contribution is 5.83. The van der Waals surface area contributed by atoms with Crippen molar-refractivity contribution in [3.05, 3.63) is 29.8 Å². The molecule has 1 aromatic carbocycles. The molecule has 20 heavy (non-hydrogen) atoms. The Balaban J connectivity index is 2.20. The molecule has 2 nitrogen and oxygen atoms in total. The Morgan fingerprint density at radius 1 is 1.30 bits per heavy atom. The van der Waals surface area contributed by atoms with E-state index in [-0.39, 0.29) is 0 Å². The lowest BCUT2D eigenvalue weighted by molar-refractivity contribution is 0.173. The molecular weight excluding hydrogens is 246 g/mol. The smallest absolute Gasteiger partial charge is 0.124 e. The summed E-state index contributed by atoms with van der Waals surface area (Å²) in [5, 5.41) is 9.85. The summed E-state index contributed by atoms with van der Waals surface area (Å²) in [6.07, 6.45) is 7.00. The second-order valence-corrected chi connectivity index (χ2v) is 6.33. The molecule has 0 saturated heterocycles. The predicted molar refractivity (Wildman–Crippen MR) is 85.4 cm³/mol. The van der Waals surface area contributed by atoms with Crippen molar-refractivity contribution in [3.63, 3.8) is 0 Å². The summed E-state index contributed by atoms with van der Waals surface area (Å²) in [7, 11) is 0. The van der Waals surface area contributed by atoms with Crippen molar-refractivity contribution in [2.24, 2.45) is 22.7 Å². The molecule has 1 aliphatic carbocycles. The molecule has 0 amide bonds. The van der Waals surface area contributed by atoms with E-state index in [0.29, 0.717) is 29.5 Å². The number of para-hydroxylation sites is 1.